The van der Waals surface area contributed by atoms with Crippen LogP contribution in [0.25, 0.3) is 0 Å². The molecule has 0 aliphatic carbocycles. The highest BCUT2D eigenvalue weighted by Crippen LogP contribution is 2.26. The van der Waals surface area contributed by atoms with Crippen LogP contribution in [0.15, 0.2) is 0 Å². The molecular formula is C15H31N. The number of hydrogen-bond acceptors (Lipinski definition) is 1. The van der Waals surface area contributed by atoms with Crippen LogP contribution in [0.5, 0.6) is 0 Å². The summed E-state index contributed by atoms with van der Waals surface area (Å²) in [6, 6.07) is 0.915. The van der Waals surface area contributed by atoms with Gasteiger partial charge in [0.05, 0.1) is 0 Å². The van der Waals surface area contributed by atoms with Gasteiger partial charge in [0.1, 0.15) is 0 Å². The maximum Gasteiger partial charge on any atom is 0.00983 e. The van der Waals surface area contributed by atoms with Gasteiger partial charge < -0.3 is 4.90 Å². The van der Waals surface area contributed by atoms with Gasteiger partial charge in [-0.2, -0.15) is 0 Å². The standard InChI is InChI=1S/C15H31N/c1-4-6-8-9-10-15-12-14(3)13-16(15)11-7-5-2/h14-15H,4-13H2,1-3H3/t14-,15-/m0/s1. The summed E-state index contributed by atoms with van der Waals surface area (Å²) in [5.41, 5.74) is 0. The summed E-state index contributed by atoms with van der Waals surface area (Å²) < 4.78 is 0. The first kappa shape index (κ1) is 14.0. The quantitative estimate of drug-likeness (QED) is 0.551. The van der Waals surface area contributed by atoms with E-state index in [4.69, 9.17) is 0 Å². The molecule has 0 saturated carbocycles. The maximum absolute atomic E-state index is 2.76. The summed E-state index contributed by atoms with van der Waals surface area (Å²) in [5, 5.41) is 0. The molecule has 0 N–H and O–H groups in total. The molecule has 0 bridgehead atoms. The first-order chi connectivity index (χ1) is 7.77. The fourth-order valence-electron chi connectivity index (χ4n) is 2.98. The Morgan fingerprint density at radius 2 is 1.75 bits per heavy atom. The van der Waals surface area contributed by atoms with E-state index in [-0.39, 0.29) is 0 Å². The Morgan fingerprint density at radius 3 is 2.44 bits per heavy atom. The van der Waals surface area contributed by atoms with Gasteiger partial charge >= 0.3 is 0 Å². The van der Waals surface area contributed by atoms with Crippen molar-refractivity contribution in [2.24, 2.45) is 5.92 Å². The highest BCUT2D eigenvalue weighted by Gasteiger charge is 2.28. The third kappa shape index (κ3) is 4.86. The zero-order chi connectivity index (χ0) is 11.8. The van der Waals surface area contributed by atoms with Gasteiger partial charge in [-0.3, -0.25) is 0 Å². The molecule has 1 heteroatoms. The minimum atomic E-state index is 0.915. The smallest absolute Gasteiger partial charge is 0.00983 e. The molecule has 0 spiro atoms. The molecule has 0 radical (unpaired) electrons. The van der Waals surface area contributed by atoms with Crippen LogP contribution in [0, 0.1) is 5.92 Å². The predicted octanol–water partition coefficient (Wildman–Crippen LogP) is 4.47. The molecule has 0 aromatic carbocycles. The van der Waals surface area contributed by atoms with Crippen LogP contribution >= 0.6 is 0 Å². The van der Waals surface area contributed by atoms with Crippen LogP contribution in [-0.2, 0) is 0 Å². The highest BCUT2D eigenvalue weighted by molar-refractivity contribution is 4.83. The Hall–Kier alpha value is -0.0400. The van der Waals surface area contributed by atoms with Gasteiger partial charge in [-0.1, -0.05) is 52.9 Å². The Bertz CT molecular complexity index is 167. The second-order valence-corrected chi connectivity index (χ2v) is 5.69. The van der Waals surface area contributed by atoms with Crippen molar-refractivity contribution in [1.29, 1.82) is 0 Å². The summed E-state index contributed by atoms with van der Waals surface area (Å²) in [5.74, 6) is 0.938. The van der Waals surface area contributed by atoms with E-state index in [1.165, 1.54) is 64.5 Å². The average Bonchev–Trinajstić information content (AvgIpc) is 2.62. The average molecular weight is 225 g/mol. The van der Waals surface area contributed by atoms with Crippen LogP contribution in [-0.4, -0.2) is 24.0 Å². The van der Waals surface area contributed by atoms with Crippen molar-refractivity contribution in [2.75, 3.05) is 13.1 Å². The molecule has 96 valence electrons. The minimum Gasteiger partial charge on any atom is -0.300 e. The van der Waals surface area contributed by atoms with E-state index >= 15 is 0 Å². The largest absolute Gasteiger partial charge is 0.300 e. The lowest BCUT2D eigenvalue weighted by Crippen LogP contribution is -2.30. The summed E-state index contributed by atoms with van der Waals surface area (Å²) >= 11 is 0. The Labute approximate surface area is 103 Å². The Morgan fingerprint density at radius 1 is 1.00 bits per heavy atom. The van der Waals surface area contributed by atoms with Crippen LogP contribution in [0.4, 0.5) is 0 Å². The molecule has 0 amide bonds. The molecule has 0 aromatic heterocycles. The summed E-state index contributed by atoms with van der Waals surface area (Å²) in [4.78, 5) is 2.76. The molecule has 1 aliphatic heterocycles. The lowest BCUT2D eigenvalue weighted by atomic mass is 10.0. The molecular weight excluding hydrogens is 194 g/mol. The topological polar surface area (TPSA) is 3.24 Å². The first-order valence-electron chi connectivity index (χ1n) is 7.52. The van der Waals surface area contributed by atoms with E-state index in [0.717, 1.165) is 12.0 Å². The monoisotopic (exact) mass is 225 g/mol. The minimum absolute atomic E-state index is 0.915. The zero-order valence-corrected chi connectivity index (χ0v) is 11.7. The van der Waals surface area contributed by atoms with Crippen LogP contribution in [0.1, 0.15) is 72.1 Å². The van der Waals surface area contributed by atoms with Gasteiger partial charge in [-0.25, -0.2) is 0 Å². The van der Waals surface area contributed by atoms with Crippen molar-refractivity contribution in [2.45, 2.75) is 78.2 Å². The van der Waals surface area contributed by atoms with Gasteiger partial charge in [-0.15, -0.1) is 0 Å². The van der Waals surface area contributed by atoms with Crippen molar-refractivity contribution in [3.8, 4) is 0 Å². The molecule has 16 heavy (non-hydrogen) atoms. The summed E-state index contributed by atoms with van der Waals surface area (Å²) in [7, 11) is 0. The molecule has 1 nitrogen and oxygen atoms in total. The number of nitrogens with zero attached hydrogens (tertiary/aromatic N) is 1. The molecule has 1 fully saturated rings. The third-order valence-corrected chi connectivity index (χ3v) is 3.93. The van der Waals surface area contributed by atoms with Gasteiger partial charge in [0.25, 0.3) is 0 Å². The van der Waals surface area contributed by atoms with Gasteiger partial charge in [0.15, 0.2) is 0 Å². The number of unbranched alkanes of at least 4 members (excludes halogenated alkanes) is 4. The molecule has 2 atom stereocenters. The maximum atomic E-state index is 2.76. The SMILES string of the molecule is CCCCCC[C@H]1C[C@H](C)CN1CCCC. The van der Waals surface area contributed by atoms with E-state index in [0.29, 0.717) is 0 Å². The normalized spacial score (nSPS) is 26.4. The molecule has 0 unspecified atom stereocenters. The molecule has 1 saturated heterocycles. The highest BCUT2D eigenvalue weighted by atomic mass is 15.2. The van der Waals surface area contributed by atoms with Crippen LogP contribution in [0.2, 0.25) is 0 Å². The summed E-state index contributed by atoms with van der Waals surface area (Å²) in [6.07, 6.45) is 11.3. The number of hydrogen-bond donors (Lipinski definition) is 0. The lowest BCUT2D eigenvalue weighted by molar-refractivity contribution is 0.233. The van der Waals surface area contributed by atoms with E-state index in [2.05, 4.69) is 25.7 Å². The second kappa shape index (κ2) is 8.11. The Balaban J connectivity index is 2.20. The van der Waals surface area contributed by atoms with E-state index in [1.807, 2.05) is 0 Å². The Kier molecular flexibility index (Phi) is 7.11. The van der Waals surface area contributed by atoms with E-state index in [9.17, 15) is 0 Å². The van der Waals surface area contributed by atoms with Gasteiger partial charge in [0.2, 0.25) is 0 Å². The number of likely N-dealkylation sites (tertiary alicyclic amines) is 1. The van der Waals surface area contributed by atoms with E-state index in [1.54, 1.807) is 0 Å². The fourth-order valence-corrected chi connectivity index (χ4v) is 2.98. The molecule has 1 heterocycles. The molecule has 1 rings (SSSR count). The van der Waals surface area contributed by atoms with Crippen molar-refractivity contribution in [3.63, 3.8) is 0 Å². The molecule has 1 aliphatic rings. The van der Waals surface area contributed by atoms with Crippen molar-refractivity contribution in [1.82, 2.24) is 4.90 Å². The predicted molar refractivity (Wildman–Crippen MR) is 72.8 cm³/mol. The van der Waals surface area contributed by atoms with Crippen molar-refractivity contribution >= 4 is 0 Å². The van der Waals surface area contributed by atoms with Crippen LogP contribution < -0.4 is 0 Å². The van der Waals surface area contributed by atoms with Crippen LogP contribution in [0.3, 0.4) is 0 Å². The molecule has 0 aromatic rings. The third-order valence-electron chi connectivity index (χ3n) is 3.93. The number of rotatable bonds is 8. The lowest BCUT2D eigenvalue weighted by Gasteiger charge is -2.24. The second-order valence-electron chi connectivity index (χ2n) is 5.69. The van der Waals surface area contributed by atoms with Crippen molar-refractivity contribution < 1.29 is 0 Å². The van der Waals surface area contributed by atoms with Crippen molar-refractivity contribution in [3.05, 3.63) is 0 Å². The van der Waals surface area contributed by atoms with Gasteiger partial charge in [0, 0.05) is 12.6 Å². The fraction of sp³-hybridized carbons (Fsp3) is 1.00. The zero-order valence-electron chi connectivity index (χ0n) is 11.7. The van der Waals surface area contributed by atoms with Gasteiger partial charge in [-0.05, 0) is 31.7 Å². The van der Waals surface area contributed by atoms with E-state index < -0.39 is 0 Å². The first-order valence-corrected chi connectivity index (χ1v) is 7.52. The summed E-state index contributed by atoms with van der Waals surface area (Å²) in [6.45, 7) is 9.73.